The molecule has 0 unspecified atom stereocenters. The first-order valence-electron chi connectivity index (χ1n) is 7.33. The maximum atomic E-state index is 11.2. The van der Waals surface area contributed by atoms with Gasteiger partial charge in [0.1, 0.15) is 0 Å². The van der Waals surface area contributed by atoms with Gasteiger partial charge in [0, 0.05) is 10.4 Å². The van der Waals surface area contributed by atoms with Crippen LogP contribution in [0.2, 0.25) is 5.02 Å². The fourth-order valence-electron chi connectivity index (χ4n) is 4.40. The Bertz CT molecular complexity index is 489. The third-order valence-corrected chi connectivity index (χ3v) is 5.68. The maximum Gasteiger partial charge on any atom is 0.0747 e. The van der Waals surface area contributed by atoms with E-state index in [9.17, 15) is 5.11 Å². The molecule has 112 valence electrons. The van der Waals surface area contributed by atoms with Gasteiger partial charge in [0.15, 0.2) is 0 Å². The second-order valence-electron chi connectivity index (χ2n) is 6.13. The van der Waals surface area contributed by atoms with Gasteiger partial charge in [-0.05, 0) is 55.8 Å². The Morgan fingerprint density at radius 2 is 1.95 bits per heavy atom. The van der Waals surface area contributed by atoms with E-state index in [1.807, 2.05) is 12.1 Å². The Kier molecular flexibility index (Phi) is 4.70. The van der Waals surface area contributed by atoms with Crippen LogP contribution in [-0.4, -0.2) is 17.3 Å². The van der Waals surface area contributed by atoms with Gasteiger partial charge in [-0.3, -0.25) is 0 Å². The van der Waals surface area contributed by atoms with Crippen LogP contribution >= 0.6 is 24.0 Å². The smallest absolute Gasteiger partial charge is 0.0747 e. The summed E-state index contributed by atoms with van der Waals surface area (Å²) in [5.41, 5.74) is 7.62. The SMILES string of the molecule is Cl.NCC[C@]12CCCC[C@@]1(O)CCc1c(Cl)cccc12. The molecule has 2 aliphatic rings. The van der Waals surface area contributed by atoms with E-state index in [4.69, 9.17) is 17.3 Å². The summed E-state index contributed by atoms with van der Waals surface area (Å²) in [4.78, 5) is 0. The summed E-state index contributed by atoms with van der Waals surface area (Å²) in [5.74, 6) is 0. The minimum atomic E-state index is -0.581. The number of halogens is 2. The Balaban J connectivity index is 0.00000147. The molecule has 0 heterocycles. The first-order chi connectivity index (χ1) is 9.13. The largest absolute Gasteiger partial charge is 0.389 e. The van der Waals surface area contributed by atoms with Crippen molar-refractivity contribution in [3.05, 3.63) is 34.3 Å². The number of aliphatic hydroxyl groups is 1. The van der Waals surface area contributed by atoms with Crippen molar-refractivity contribution in [3.8, 4) is 0 Å². The quantitative estimate of drug-likeness (QED) is 0.876. The highest BCUT2D eigenvalue weighted by atomic mass is 35.5. The Labute approximate surface area is 132 Å². The molecule has 2 nitrogen and oxygen atoms in total. The summed E-state index contributed by atoms with van der Waals surface area (Å²) in [6.45, 7) is 0.619. The molecular formula is C16H23Cl2NO. The Hall–Kier alpha value is -0.280. The molecule has 20 heavy (non-hydrogen) atoms. The number of fused-ring (bicyclic) bond motifs is 3. The van der Waals surface area contributed by atoms with Crippen LogP contribution in [0.25, 0.3) is 0 Å². The van der Waals surface area contributed by atoms with Crippen LogP contribution < -0.4 is 5.73 Å². The molecule has 2 atom stereocenters. The van der Waals surface area contributed by atoms with Crippen molar-refractivity contribution in [2.45, 2.75) is 56.0 Å². The lowest BCUT2D eigenvalue weighted by Crippen LogP contribution is -2.57. The fraction of sp³-hybridized carbons (Fsp3) is 0.625. The third kappa shape index (κ3) is 2.18. The summed E-state index contributed by atoms with van der Waals surface area (Å²) in [6.07, 6.45) is 6.80. The molecule has 1 saturated carbocycles. The van der Waals surface area contributed by atoms with E-state index in [1.165, 1.54) is 17.5 Å². The van der Waals surface area contributed by atoms with Crippen LogP contribution in [-0.2, 0) is 11.8 Å². The number of rotatable bonds is 2. The van der Waals surface area contributed by atoms with Gasteiger partial charge in [0.05, 0.1) is 5.60 Å². The van der Waals surface area contributed by atoms with Crippen molar-refractivity contribution in [2.24, 2.45) is 5.73 Å². The summed E-state index contributed by atoms with van der Waals surface area (Å²) in [6, 6.07) is 6.13. The Morgan fingerprint density at radius 3 is 2.70 bits per heavy atom. The lowest BCUT2D eigenvalue weighted by Gasteiger charge is -2.55. The van der Waals surface area contributed by atoms with Gasteiger partial charge >= 0.3 is 0 Å². The van der Waals surface area contributed by atoms with Gasteiger partial charge in [-0.1, -0.05) is 36.6 Å². The normalized spacial score (nSPS) is 31.9. The fourth-order valence-corrected chi connectivity index (χ4v) is 4.67. The molecule has 3 N–H and O–H groups in total. The highest BCUT2D eigenvalue weighted by molar-refractivity contribution is 6.31. The van der Waals surface area contributed by atoms with Gasteiger partial charge in [-0.2, -0.15) is 0 Å². The second-order valence-corrected chi connectivity index (χ2v) is 6.53. The molecule has 0 radical (unpaired) electrons. The average Bonchev–Trinajstić information content (AvgIpc) is 2.40. The van der Waals surface area contributed by atoms with Gasteiger partial charge in [0.25, 0.3) is 0 Å². The van der Waals surface area contributed by atoms with Crippen LogP contribution in [0.15, 0.2) is 18.2 Å². The zero-order chi connectivity index (χ0) is 13.5. The van der Waals surface area contributed by atoms with Crippen molar-refractivity contribution < 1.29 is 5.11 Å². The molecule has 0 aromatic heterocycles. The molecule has 1 aromatic rings. The van der Waals surface area contributed by atoms with Gasteiger partial charge < -0.3 is 10.8 Å². The summed E-state index contributed by atoms with van der Waals surface area (Å²) in [5, 5.41) is 12.1. The van der Waals surface area contributed by atoms with Crippen molar-refractivity contribution in [1.29, 1.82) is 0 Å². The van der Waals surface area contributed by atoms with Gasteiger partial charge in [-0.15, -0.1) is 12.4 Å². The summed E-state index contributed by atoms with van der Waals surface area (Å²) in [7, 11) is 0. The lowest BCUT2D eigenvalue weighted by atomic mass is 9.53. The van der Waals surface area contributed by atoms with Crippen molar-refractivity contribution in [2.75, 3.05) is 6.54 Å². The molecule has 1 aromatic carbocycles. The zero-order valence-electron chi connectivity index (χ0n) is 11.7. The van der Waals surface area contributed by atoms with E-state index in [1.54, 1.807) is 0 Å². The predicted octanol–water partition coefficient (Wildman–Crippen LogP) is 3.60. The molecular weight excluding hydrogens is 293 g/mol. The topological polar surface area (TPSA) is 46.2 Å². The third-order valence-electron chi connectivity index (χ3n) is 5.33. The Morgan fingerprint density at radius 1 is 1.20 bits per heavy atom. The number of benzene rings is 1. The van der Waals surface area contributed by atoms with Crippen LogP contribution in [0, 0.1) is 0 Å². The highest BCUT2D eigenvalue weighted by Gasteiger charge is 2.54. The molecule has 3 rings (SSSR count). The van der Waals surface area contributed by atoms with Crippen LogP contribution in [0.4, 0.5) is 0 Å². The van der Waals surface area contributed by atoms with Crippen LogP contribution in [0.3, 0.4) is 0 Å². The molecule has 2 aliphatic carbocycles. The number of hydrogen-bond acceptors (Lipinski definition) is 2. The maximum absolute atomic E-state index is 11.2. The minimum Gasteiger partial charge on any atom is -0.389 e. The predicted molar refractivity (Wildman–Crippen MR) is 85.8 cm³/mol. The van der Waals surface area contributed by atoms with E-state index < -0.39 is 5.60 Å². The second kappa shape index (κ2) is 5.84. The highest BCUT2D eigenvalue weighted by Crippen LogP contribution is 2.55. The molecule has 4 heteroatoms. The number of nitrogens with two attached hydrogens (primary N) is 1. The number of hydrogen-bond donors (Lipinski definition) is 2. The lowest BCUT2D eigenvalue weighted by molar-refractivity contribution is -0.0861. The molecule has 0 spiro atoms. The monoisotopic (exact) mass is 315 g/mol. The standard InChI is InChI=1S/C16H22ClNO.ClH/c17-14-5-3-4-13-12(14)6-9-16(19)8-2-1-7-15(13,16)10-11-18;/h3-5,19H,1-2,6-11,18H2;1H/t15-,16+;/m0./s1. The van der Waals surface area contributed by atoms with Crippen LogP contribution in [0.5, 0.6) is 0 Å². The first kappa shape index (κ1) is 16.1. The summed E-state index contributed by atoms with van der Waals surface area (Å²) >= 11 is 6.37. The van der Waals surface area contributed by atoms with Crippen LogP contribution in [0.1, 0.15) is 49.7 Å². The molecule has 1 fully saturated rings. The van der Waals surface area contributed by atoms with Crippen molar-refractivity contribution in [3.63, 3.8) is 0 Å². The minimum absolute atomic E-state index is 0. The zero-order valence-corrected chi connectivity index (χ0v) is 13.3. The van der Waals surface area contributed by atoms with Gasteiger partial charge in [0.2, 0.25) is 0 Å². The van der Waals surface area contributed by atoms with E-state index in [-0.39, 0.29) is 17.8 Å². The first-order valence-corrected chi connectivity index (χ1v) is 7.71. The molecule has 0 saturated heterocycles. The van der Waals surface area contributed by atoms with E-state index in [0.717, 1.165) is 43.5 Å². The molecule has 0 amide bonds. The van der Waals surface area contributed by atoms with E-state index in [2.05, 4.69) is 6.07 Å². The molecule has 0 bridgehead atoms. The van der Waals surface area contributed by atoms with E-state index >= 15 is 0 Å². The average molecular weight is 316 g/mol. The van der Waals surface area contributed by atoms with Gasteiger partial charge in [-0.25, -0.2) is 0 Å². The van der Waals surface area contributed by atoms with E-state index in [0.29, 0.717) is 6.54 Å². The molecule has 0 aliphatic heterocycles. The van der Waals surface area contributed by atoms with Crippen molar-refractivity contribution >= 4 is 24.0 Å². The van der Waals surface area contributed by atoms with Crippen molar-refractivity contribution in [1.82, 2.24) is 0 Å². The summed E-state index contributed by atoms with van der Waals surface area (Å²) < 4.78 is 0.